The van der Waals surface area contributed by atoms with Crippen LogP contribution in [0.5, 0.6) is 0 Å². The van der Waals surface area contributed by atoms with Gasteiger partial charge in [0, 0.05) is 12.3 Å². The molecule has 0 unspecified atom stereocenters. The van der Waals surface area contributed by atoms with Gasteiger partial charge in [-0.25, -0.2) is 0 Å². The van der Waals surface area contributed by atoms with Crippen molar-refractivity contribution in [2.45, 2.75) is 33.6 Å². The quantitative estimate of drug-likeness (QED) is 0.653. The van der Waals surface area contributed by atoms with E-state index in [0.717, 1.165) is 24.0 Å². The van der Waals surface area contributed by atoms with Crippen LogP contribution in [0.4, 0.5) is 0 Å². The van der Waals surface area contributed by atoms with Crippen LogP contribution in [0.2, 0.25) is 0 Å². The van der Waals surface area contributed by atoms with Crippen molar-refractivity contribution in [3.63, 3.8) is 0 Å². The summed E-state index contributed by atoms with van der Waals surface area (Å²) in [6.45, 7) is 10.3. The van der Waals surface area contributed by atoms with Crippen molar-refractivity contribution in [2.24, 2.45) is 17.8 Å². The second-order valence-electron chi connectivity index (χ2n) is 5.32. The summed E-state index contributed by atoms with van der Waals surface area (Å²) in [5.74, 6) is 1.87. The van der Waals surface area contributed by atoms with Gasteiger partial charge in [0.15, 0.2) is 5.78 Å². The fourth-order valence-corrected chi connectivity index (χ4v) is 2.95. The number of rotatable bonds is 1. The van der Waals surface area contributed by atoms with E-state index in [2.05, 4.69) is 32.6 Å². The molecular weight excluding hydrogens is 196 g/mol. The fraction of sp³-hybridized carbons (Fsp3) is 0.533. The van der Waals surface area contributed by atoms with Crippen LogP contribution >= 0.6 is 0 Å². The molecule has 0 amide bonds. The Morgan fingerprint density at radius 2 is 2.19 bits per heavy atom. The molecule has 3 atom stereocenters. The predicted molar refractivity (Wildman–Crippen MR) is 67.0 cm³/mol. The molecule has 2 aliphatic rings. The highest BCUT2D eigenvalue weighted by molar-refractivity contribution is 5.96. The molecule has 0 bridgehead atoms. The zero-order valence-corrected chi connectivity index (χ0v) is 10.4. The van der Waals surface area contributed by atoms with Crippen LogP contribution in [0.15, 0.2) is 35.5 Å². The van der Waals surface area contributed by atoms with Gasteiger partial charge in [-0.2, -0.15) is 0 Å². The first-order chi connectivity index (χ1) is 7.50. The van der Waals surface area contributed by atoms with Crippen molar-refractivity contribution in [2.75, 3.05) is 0 Å². The van der Waals surface area contributed by atoms with Crippen LogP contribution in [0, 0.1) is 17.8 Å². The lowest BCUT2D eigenvalue weighted by Crippen LogP contribution is -2.32. The number of Topliss-reactive ketones (excluding diaryl/α,β-unsaturated/α-hetero) is 1. The van der Waals surface area contributed by atoms with Gasteiger partial charge in [0.2, 0.25) is 0 Å². The number of ketones is 1. The second-order valence-corrected chi connectivity index (χ2v) is 5.32. The van der Waals surface area contributed by atoms with Crippen LogP contribution in [0.25, 0.3) is 0 Å². The molecule has 1 heteroatoms. The molecule has 0 fully saturated rings. The molecule has 2 rings (SSSR count). The zero-order valence-electron chi connectivity index (χ0n) is 10.4. The van der Waals surface area contributed by atoms with Crippen LogP contribution in [-0.2, 0) is 4.79 Å². The van der Waals surface area contributed by atoms with E-state index in [1.165, 1.54) is 5.57 Å². The maximum atomic E-state index is 11.8. The van der Waals surface area contributed by atoms with Crippen molar-refractivity contribution in [3.8, 4) is 0 Å². The summed E-state index contributed by atoms with van der Waals surface area (Å²) in [6, 6.07) is 0. The predicted octanol–water partition coefficient (Wildman–Crippen LogP) is 3.68. The van der Waals surface area contributed by atoms with Crippen LogP contribution < -0.4 is 0 Å². The van der Waals surface area contributed by atoms with Crippen molar-refractivity contribution in [3.05, 3.63) is 35.5 Å². The minimum absolute atomic E-state index is 0.330. The van der Waals surface area contributed by atoms with Crippen LogP contribution in [-0.4, -0.2) is 5.78 Å². The fourth-order valence-electron chi connectivity index (χ4n) is 2.95. The number of hydrogen-bond donors (Lipinski definition) is 0. The molecule has 0 aromatic rings. The topological polar surface area (TPSA) is 17.1 Å². The molecular formula is C15H20O. The Hall–Kier alpha value is -1.11. The Morgan fingerprint density at radius 3 is 2.81 bits per heavy atom. The maximum Gasteiger partial charge on any atom is 0.158 e. The number of carbonyl (C=O) groups excluding carboxylic acids is 1. The largest absolute Gasteiger partial charge is 0.295 e. The minimum atomic E-state index is 0.330. The number of allylic oxidation sites excluding steroid dienone is 5. The summed E-state index contributed by atoms with van der Waals surface area (Å²) in [5.41, 5.74) is 3.44. The van der Waals surface area contributed by atoms with E-state index in [1.807, 2.05) is 6.92 Å². The smallest absolute Gasteiger partial charge is 0.158 e. The highest BCUT2D eigenvalue weighted by Crippen LogP contribution is 2.43. The van der Waals surface area contributed by atoms with E-state index >= 15 is 0 Å². The molecule has 16 heavy (non-hydrogen) atoms. The zero-order chi connectivity index (χ0) is 11.9. The maximum absolute atomic E-state index is 11.8. The molecule has 0 radical (unpaired) electrons. The summed E-state index contributed by atoms with van der Waals surface area (Å²) < 4.78 is 0. The standard InChI is InChI=1S/C15H20O/c1-9(2)12-6-5-10(3)13-8-15(16)11(4)7-14(12)13/h6-7,10,13-14H,1,5,8H2,2-4H3/t10-,13-,14-/m0/s1. The van der Waals surface area contributed by atoms with Gasteiger partial charge in [0.25, 0.3) is 0 Å². The van der Waals surface area contributed by atoms with E-state index in [4.69, 9.17) is 0 Å². The van der Waals surface area contributed by atoms with Crippen LogP contribution in [0.1, 0.15) is 33.6 Å². The Morgan fingerprint density at radius 1 is 1.50 bits per heavy atom. The van der Waals surface area contributed by atoms with Gasteiger partial charge >= 0.3 is 0 Å². The summed E-state index contributed by atoms with van der Waals surface area (Å²) >= 11 is 0. The summed E-state index contributed by atoms with van der Waals surface area (Å²) in [5, 5.41) is 0. The molecule has 0 N–H and O–H groups in total. The van der Waals surface area contributed by atoms with Crippen molar-refractivity contribution >= 4 is 5.78 Å². The Balaban J connectivity index is 2.41. The molecule has 0 saturated heterocycles. The molecule has 86 valence electrons. The highest BCUT2D eigenvalue weighted by atomic mass is 16.1. The molecule has 2 aliphatic carbocycles. The first-order valence-corrected chi connectivity index (χ1v) is 6.08. The van der Waals surface area contributed by atoms with Crippen molar-refractivity contribution in [1.29, 1.82) is 0 Å². The Bertz CT molecular complexity index is 398. The third kappa shape index (κ3) is 1.79. The average Bonchev–Trinajstić information content (AvgIpc) is 2.21. The molecule has 0 spiro atoms. The average molecular weight is 216 g/mol. The molecule has 0 heterocycles. The molecule has 0 saturated carbocycles. The Kier molecular flexibility index (Phi) is 2.88. The van der Waals surface area contributed by atoms with Gasteiger partial charge in [-0.1, -0.05) is 31.2 Å². The normalized spacial score (nSPS) is 33.9. The SMILES string of the molecule is C=C(C)C1=CC[C@H](C)[C@@H]2CC(=O)C(C)=C[C@@H]12. The number of carbonyl (C=O) groups is 1. The molecule has 0 aliphatic heterocycles. The number of hydrogen-bond acceptors (Lipinski definition) is 1. The van der Waals surface area contributed by atoms with E-state index < -0.39 is 0 Å². The first-order valence-electron chi connectivity index (χ1n) is 6.08. The summed E-state index contributed by atoms with van der Waals surface area (Å²) in [4.78, 5) is 11.8. The molecule has 1 nitrogen and oxygen atoms in total. The van der Waals surface area contributed by atoms with Gasteiger partial charge in [-0.3, -0.25) is 4.79 Å². The Labute approximate surface area is 97.9 Å². The first kappa shape index (κ1) is 11.4. The lowest BCUT2D eigenvalue weighted by molar-refractivity contribution is -0.117. The van der Waals surface area contributed by atoms with Crippen molar-refractivity contribution < 1.29 is 4.79 Å². The van der Waals surface area contributed by atoms with Gasteiger partial charge < -0.3 is 0 Å². The lowest BCUT2D eigenvalue weighted by atomic mass is 9.66. The summed E-state index contributed by atoms with van der Waals surface area (Å²) in [7, 11) is 0. The minimum Gasteiger partial charge on any atom is -0.295 e. The number of fused-ring (bicyclic) bond motifs is 1. The van der Waals surface area contributed by atoms with Crippen LogP contribution in [0.3, 0.4) is 0 Å². The third-order valence-corrected chi connectivity index (χ3v) is 4.04. The molecule has 0 aromatic carbocycles. The van der Waals surface area contributed by atoms with Gasteiger partial charge in [-0.05, 0) is 43.3 Å². The van der Waals surface area contributed by atoms with Gasteiger partial charge in [0.1, 0.15) is 0 Å². The van der Waals surface area contributed by atoms with Gasteiger partial charge in [0.05, 0.1) is 0 Å². The third-order valence-electron chi connectivity index (χ3n) is 4.04. The van der Waals surface area contributed by atoms with E-state index in [1.54, 1.807) is 0 Å². The van der Waals surface area contributed by atoms with Crippen molar-refractivity contribution in [1.82, 2.24) is 0 Å². The van der Waals surface area contributed by atoms with E-state index in [0.29, 0.717) is 23.5 Å². The molecule has 0 aromatic heterocycles. The van der Waals surface area contributed by atoms with E-state index in [9.17, 15) is 4.79 Å². The van der Waals surface area contributed by atoms with E-state index in [-0.39, 0.29) is 0 Å². The lowest BCUT2D eigenvalue weighted by Gasteiger charge is -2.38. The monoisotopic (exact) mass is 216 g/mol. The van der Waals surface area contributed by atoms with Gasteiger partial charge in [-0.15, -0.1) is 0 Å². The second kappa shape index (κ2) is 4.04. The summed E-state index contributed by atoms with van der Waals surface area (Å²) in [6.07, 6.45) is 6.28. The highest BCUT2D eigenvalue weighted by Gasteiger charge is 2.36.